The lowest BCUT2D eigenvalue weighted by molar-refractivity contribution is -0.368. The minimum atomic E-state index is -0.352. The van der Waals surface area contributed by atoms with Gasteiger partial charge in [-0.05, 0) is 37.5 Å². The highest BCUT2D eigenvalue weighted by Gasteiger charge is 2.13. The van der Waals surface area contributed by atoms with E-state index >= 15 is 0 Å². The maximum atomic E-state index is 12.6. The number of hydrogen-bond donors (Lipinski definition) is 1. The summed E-state index contributed by atoms with van der Waals surface area (Å²) < 4.78 is 39.2. The Labute approximate surface area is 228 Å². The van der Waals surface area contributed by atoms with E-state index in [0.29, 0.717) is 89.7 Å². The second-order valence-corrected chi connectivity index (χ2v) is 9.33. The normalized spacial score (nSPS) is 16.3. The average Bonchev–Trinajstić information content (AvgIpc) is 2.93. The van der Waals surface area contributed by atoms with Gasteiger partial charge in [0.2, 0.25) is 0 Å². The molecule has 0 saturated carbocycles. The van der Waals surface area contributed by atoms with E-state index in [1.54, 1.807) is 18.2 Å². The molecule has 9 heteroatoms. The number of quaternary nitrogens is 1. The van der Waals surface area contributed by atoms with Gasteiger partial charge in [0.15, 0.2) is 11.5 Å². The van der Waals surface area contributed by atoms with Crippen LogP contribution >= 0.6 is 0 Å². The van der Waals surface area contributed by atoms with Gasteiger partial charge in [0, 0.05) is 0 Å². The Morgan fingerprint density at radius 3 is 1.58 bits per heavy atom. The lowest BCUT2D eigenvalue weighted by Crippen LogP contribution is -2.50. The van der Waals surface area contributed by atoms with Gasteiger partial charge in [0.25, 0.3) is 0 Å². The fourth-order valence-corrected chi connectivity index (χ4v) is 3.99. The van der Waals surface area contributed by atoms with E-state index < -0.39 is 0 Å². The largest absolute Gasteiger partial charge is 0.487 e. The first-order valence-electron chi connectivity index (χ1n) is 14.5. The van der Waals surface area contributed by atoms with Crippen molar-refractivity contribution in [3.63, 3.8) is 0 Å². The third-order valence-corrected chi connectivity index (χ3v) is 6.14. The van der Waals surface area contributed by atoms with Gasteiger partial charge in [0.1, 0.15) is 13.2 Å². The van der Waals surface area contributed by atoms with Crippen molar-refractivity contribution in [2.24, 2.45) is 0 Å². The SMILES string of the molecule is [NH3+]CCCCCCCCCCCCOC(=O)c1ccc2c(c1)OCCOCCOCCOCCOCCO2. The summed E-state index contributed by atoms with van der Waals surface area (Å²) in [6.45, 7) is 5.98. The van der Waals surface area contributed by atoms with Crippen molar-refractivity contribution in [1.29, 1.82) is 0 Å². The molecule has 218 valence electrons. The molecule has 0 amide bonds. The van der Waals surface area contributed by atoms with Gasteiger partial charge in [-0.1, -0.05) is 44.9 Å². The molecule has 1 heterocycles. The highest BCUT2D eigenvalue weighted by atomic mass is 16.6. The highest BCUT2D eigenvalue weighted by Crippen LogP contribution is 2.29. The Morgan fingerprint density at radius 2 is 1.05 bits per heavy atom. The van der Waals surface area contributed by atoms with Crippen LogP contribution in [0.5, 0.6) is 11.5 Å². The van der Waals surface area contributed by atoms with Crippen LogP contribution < -0.4 is 15.2 Å². The minimum Gasteiger partial charge on any atom is -0.487 e. The van der Waals surface area contributed by atoms with Gasteiger partial charge < -0.3 is 38.9 Å². The van der Waals surface area contributed by atoms with E-state index in [0.717, 1.165) is 19.4 Å². The first kappa shape index (κ1) is 32.3. The number of rotatable bonds is 13. The molecule has 0 fully saturated rings. The van der Waals surface area contributed by atoms with Crippen LogP contribution in [-0.2, 0) is 23.7 Å². The number of benzene rings is 1. The van der Waals surface area contributed by atoms with Gasteiger partial charge in [-0.3, -0.25) is 0 Å². The number of fused-ring (bicyclic) bond motifs is 1. The molecule has 0 saturated heterocycles. The molecule has 0 radical (unpaired) electrons. The van der Waals surface area contributed by atoms with Crippen LogP contribution in [-0.4, -0.2) is 85.2 Å². The van der Waals surface area contributed by atoms with Gasteiger partial charge >= 0.3 is 5.97 Å². The van der Waals surface area contributed by atoms with Crippen molar-refractivity contribution in [2.75, 3.05) is 79.2 Å². The monoisotopic (exact) mass is 540 g/mol. The molecule has 3 N–H and O–H groups in total. The molecular weight excluding hydrogens is 490 g/mol. The van der Waals surface area contributed by atoms with E-state index in [-0.39, 0.29) is 5.97 Å². The molecule has 9 nitrogen and oxygen atoms in total. The molecule has 0 atom stereocenters. The van der Waals surface area contributed by atoms with Crippen LogP contribution in [0, 0.1) is 0 Å². The van der Waals surface area contributed by atoms with Crippen LogP contribution in [0.1, 0.15) is 74.6 Å². The summed E-state index contributed by atoms with van der Waals surface area (Å²) in [6.07, 6.45) is 12.2. The van der Waals surface area contributed by atoms with Crippen molar-refractivity contribution in [2.45, 2.75) is 64.2 Å². The molecule has 1 aromatic rings. The van der Waals surface area contributed by atoms with E-state index in [2.05, 4.69) is 5.73 Å². The smallest absolute Gasteiger partial charge is 0.338 e. The molecule has 1 aliphatic rings. The van der Waals surface area contributed by atoms with Crippen LogP contribution in [0.15, 0.2) is 18.2 Å². The average molecular weight is 541 g/mol. The summed E-state index contributed by atoms with van der Waals surface area (Å²) in [7, 11) is 0. The second kappa shape index (κ2) is 23.0. The molecule has 0 aromatic heterocycles. The maximum Gasteiger partial charge on any atom is 0.338 e. The van der Waals surface area contributed by atoms with Gasteiger partial charge in [-0.2, -0.15) is 0 Å². The summed E-state index contributed by atoms with van der Waals surface area (Å²) >= 11 is 0. The summed E-state index contributed by atoms with van der Waals surface area (Å²) in [4.78, 5) is 12.6. The second-order valence-electron chi connectivity index (χ2n) is 9.33. The first-order valence-corrected chi connectivity index (χ1v) is 14.5. The molecule has 0 unspecified atom stereocenters. The van der Waals surface area contributed by atoms with Crippen LogP contribution in [0.3, 0.4) is 0 Å². The molecule has 0 bridgehead atoms. The van der Waals surface area contributed by atoms with Crippen molar-refractivity contribution in [1.82, 2.24) is 0 Å². The maximum absolute atomic E-state index is 12.6. The fraction of sp³-hybridized carbons (Fsp3) is 0.759. The molecule has 1 aromatic carbocycles. The summed E-state index contributed by atoms with van der Waals surface area (Å²) in [5.74, 6) is 0.679. The van der Waals surface area contributed by atoms with Gasteiger partial charge in [0.05, 0.1) is 71.6 Å². The minimum absolute atomic E-state index is 0.324. The van der Waals surface area contributed by atoms with Gasteiger partial charge in [-0.25, -0.2) is 4.79 Å². The van der Waals surface area contributed by atoms with Crippen molar-refractivity contribution >= 4 is 5.97 Å². The Kier molecular flexibility index (Phi) is 19.6. The predicted octanol–water partition coefficient (Wildman–Crippen LogP) is 3.82. The third-order valence-electron chi connectivity index (χ3n) is 6.14. The number of esters is 1. The summed E-state index contributed by atoms with van der Waals surface area (Å²) in [5.41, 5.74) is 4.33. The van der Waals surface area contributed by atoms with Crippen molar-refractivity contribution < 1.29 is 43.7 Å². The Balaban J connectivity index is 1.70. The van der Waals surface area contributed by atoms with Crippen LogP contribution in [0.25, 0.3) is 0 Å². The van der Waals surface area contributed by atoms with Crippen molar-refractivity contribution in [3.05, 3.63) is 23.8 Å². The number of unbranched alkanes of at least 4 members (excludes halogenated alkanes) is 9. The molecule has 2 rings (SSSR count). The van der Waals surface area contributed by atoms with Crippen molar-refractivity contribution in [3.8, 4) is 11.5 Å². The zero-order valence-electron chi connectivity index (χ0n) is 23.3. The number of ether oxygens (including phenoxy) is 7. The Bertz CT molecular complexity index is 718. The van der Waals surface area contributed by atoms with Crippen LogP contribution in [0.2, 0.25) is 0 Å². The van der Waals surface area contributed by atoms with Crippen LogP contribution in [0.4, 0.5) is 0 Å². The van der Waals surface area contributed by atoms with Gasteiger partial charge in [-0.15, -0.1) is 0 Å². The van der Waals surface area contributed by atoms with E-state index in [4.69, 9.17) is 33.2 Å². The quantitative estimate of drug-likeness (QED) is 0.297. The Morgan fingerprint density at radius 1 is 0.605 bits per heavy atom. The first-order chi connectivity index (χ1) is 18.8. The van der Waals surface area contributed by atoms with E-state index in [9.17, 15) is 4.79 Å². The standard InChI is InChI=1S/C29H49NO8/c30-13-9-7-5-3-1-2-4-6-8-10-14-38-29(31)26-11-12-27-28(25-26)37-24-22-35-20-18-33-16-15-32-17-19-34-21-23-36-27/h11-12,25H,1-10,13-24,30H2/p+1. The Hall–Kier alpha value is -1.91. The number of carbonyl (C=O) groups excluding carboxylic acids is 1. The highest BCUT2D eigenvalue weighted by molar-refractivity contribution is 5.90. The zero-order chi connectivity index (χ0) is 26.9. The number of carbonyl (C=O) groups is 1. The summed E-state index contributed by atoms with van der Waals surface area (Å²) in [5, 5.41) is 0. The van der Waals surface area contributed by atoms with E-state index in [1.807, 2.05) is 0 Å². The third kappa shape index (κ3) is 16.1. The predicted molar refractivity (Wildman–Crippen MR) is 145 cm³/mol. The summed E-state index contributed by atoms with van der Waals surface area (Å²) in [6, 6.07) is 5.11. The van der Waals surface area contributed by atoms with E-state index in [1.165, 1.54) is 51.4 Å². The number of hydrogen-bond acceptors (Lipinski definition) is 8. The lowest BCUT2D eigenvalue weighted by Gasteiger charge is -2.15. The molecule has 0 spiro atoms. The fourth-order valence-electron chi connectivity index (χ4n) is 3.99. The molecule has 1 aliphatic heterocycles. The molecule has 38 heavy (non-hydrogen) atoms. The molecular formula is C29H50NO8+. The molecule has 0 aliphatic carbocycles. The lowest BCUT2D eigenvalue weighted by atomic mass is 10.1. The zero-order valence-corrected chi connectivity index (χ0v) is 23.3. The topological polar surface area (TPSA) is 109 Å².